The van der Waals surface area contributed by atoms with Gasteiger partial charge >= 0.3 is 0 Å². The molecule has 144 valence electrons. The molecule has 5 nitrogen and oxygen atoms in total. The van der Waals surface area contributed by atoms with Crippen LogP contribution in [0, 0.1) is 6.92 Å². The molecule has 3 rings (SSSR count). The van der Waals surface area contributed by atoms with Crippen LogP contribution in [0.3, 0.4) is 0 Å². The SMILES string of the molecule is Cc1cccc(NC(=O)CN2C(=O)S/C(=C/c3ccc(C(C)C)cc3)C2=O)c1. The van der Waals surface area contributed by atoms with Gasteiger partial charge in [0.25, 0.3) is 11.1 Å². The van der Waals surface area contributed by atoms with Crippen LogP contribution in [0.15, 0.2) is 53.4 Å². The second kappa shape index (κ2) is 8.44. The van der Waals surface area contributed by atoms with Crippen molar-refractivity contribution in [3.63, 3.8) is 0 Å². The van der Waals surface area contributed by atoms with Gasteiger partial charge in [0.2, 0.25) is 5.91 Å². The molecular weight excluding hydrogens is 372 g/mol. The molecule has 2 aromatic rings. The first-order valence-corrected chi connectivity index (χ1v) is 9.87. The second-order valence-corrected chi connectivity index (χ2v) is 8.00. The summed E-state index contributed by atoms with van der Waals surface area (Å²) < 4.78 is 0. The van der Waals surface area contributed by atoms with E-state index in [2.05, 4.69) is 19.2 Å². The third-order valence-corrected chi connectivity index (χ3v) is 5.29. The van der Waals surface area contributed by atoms with Gasteiger partial charge in [0, 0.05) is 5.69 Å². The van der Waals surface area contributed by atoms with Gasteiger partial charge in [-0.2, -0.15) is 0 Å². The zero-order chi connectivity index (χ0) is 20.3. The van der Waals surface area contributed by atoms with Crippen LogP contribution < -0.4 is 5.32 Å². The van der Waals surface area contributed by atoms with Crippen molar-refractivity contribution in [2.24, 2.45) is 0 Å². The van der Waals surface area contributed by atoms with Gasteiger partial charge in [0.1, 0.15) is 6.54 Å². The smallest absolute Gasteiger partial charge is 0.294 e. The Labute approximate surface area is 168 Å². The van der Waals surface area contributed by atoms with Gasteiger partial charge in [0.15, 0.2) is 0 Å². The van der Waals surface area contributed by atoms with Crippen molar-refractivity contribution in [1.82, 2.24) is 4.90 Å². The Morgan fingerprint density at radius 3 is 2.50 bits per heavy atom. The summed E-state index contributed by atoms with van der Waals surface area (Å²) in [6.45, 7) is 5.84. The van der Waals surface area contributed by atoms with E-state index in [-0.39, 0.29) is 6.54 Å². The number of hydrogen-bond donors (Lipinski definition) is 1. The summed E-state index contributed by atoms with van der Waals surface area (Å²) in [6, 6.07) is 15.2. The van der Waals surface area contributed by atoms with Crippen LogP contribution >= 0.6 is 11.8 Å². The maximum absolute atomic E-state index is 12.6. The van der Waals surface area contributed by atoms with Crippen LogP contribution in [-0.2, 0) is 9.59 Å². The van der Waals surface area contributed by atoms with Crippen molar-refractivity contribution in [3.05, 3.63) is 70.1 Å². The minimum atomic E-state index is -0.442. The zero-order valence-electron chi connectivity index (χ0n) is 16.1. The van der Waals surface area contributed by atoms with Crippen molar-refractivity contribution in [1.29, 1.82) is 0 Å². The number of nitrogens with one attached hydrogen (secondary N) is 1. The molecule has 2 aromatic carbocycles. The molecule has 0 spiro atoms. The van der Waals surface area contributed by atoms with E-state index in [9.17, 15) is 14.4 Å². The summed E-state index contributed by atoms with van der Waals surface area (Å²) in [5.41, 5.74) is 3.70. The maximum atomic E-state index is 12.6. The van der Waals surface area contributed by atoms with E-state index < -0.39 is 17.1 Å². The second-order valence-electron chi connectivity index (χ2n) is 7.01. The van der Waals surface area contributed by atoms with Gasteiger partial charge in [-0.15, -0.1) is 0 Å². The molecule has 1 aliphatic heterocycles. The van der Waals surface area contributed by atoms with Gasteiger partial charge in [-0.25, -0.2) is 0 Å². The first-order valence-electron chi connectivity index (χ1n) is 9.05. The number of aryl methyl sites for hydroxylation is 1. The van der Waals surface area contributed by atoms with Gasteiger partial charge in [-0.3, -0.25) is 19.3 Å². The summed E-state index contributed by atoms with van der Waals surface area (Å²) in [7, 11) is 0. The van der Waals surface area contributed by atoms with Crippen LogP contribution in [-0.4, -0.2) is 28.5 Å². The number of amides is 3. The summed E-state index contributed by atoms with van der Waals surface area (Å²) in [6.07, 6.45) is 1.69. The molecule has 1 aliphatic rings. The molecule has 1 saturated heterocycles. The number of imide groups is 1. The number of carbonyl (C=O) groups excluding carboxylic acids is 3. The quantitative estimate of drug-likeness (QED) is 0.740. The molecule has 3 amide bonds. The third-order valence-electron chi connectivity index (χ3n) is 4.38. The minimum absolute atomic E-state index is 0.303. The van der Waals surface area contributed by atoms with E-state index in [1.165, 1.54) is 5.56 Å². The Hall–Kier alpha value is -2.86. The Balaban J connectivity index is 1.68. The fourth-order valence-electron chi connectivity index (χ4n) is 2.83. The summed E-state index contributed by atoms with van der Waals surface area (Å²) in [4.78, 5) is 38.3. The Bertz CT molecular complexity index is 949. The average molecular weight is 394 g/mol. The van der Waals surface area contributed by atoms with Crippen molar-refractivity contribution in [2.45, 2.75) is 26.7 Å². The summed E-state index contributed by atoms with van der Waals surface area (Å²) in [5, 5.41) is 2.28. The summed E-state index contributed by atoms with van der Waals surface area (Å²) >= 11 is 0.856. The van der Waals surface area contributed by atoms with E-state index in [1.807, 2.05) is 49.4 Å². The van der Waals surface area contributed by atoms with Gasteiger partial charge in [-0.05, 0) is 59.5 Å². The number of carbonyl (C=O) groups is 3. The van der Waals surface area contributed by atoms with Crippen molar-refractivity contribution < 1.29 is 14.4 Å². The first-order chi connectivity index (χ1) is 13.3. The predicted octanol–water partition coefficient (Wildman–Crippen LogP) is 4.79. The van der Waals surface area contributed by atoms with Crippen LogP contribution in [0.2, 0.25) is 0 Å². The number of anilines is 1. The molecule has 0 unspecified atom stereocenters. The summed E-state index contributed by atoms with van der Waals surface area (Å²) in [5.74, 6) is -0.425. The van der Waals surface area contributed by atoms with E-state index in [0.717, 1.165) is 27.8 Å². The standard InChI is InChI=1S/C22H22N2O3S/c1-14(2)17-9-7-16(8-10-17)12-19-21(26)24(22(27)28-19)13-20(25)23-18-6-4-5-15(3)11-18/h4-12,14H,13H2,1-3H3,(H,23,25)/b19-12+. The number of thioether (sulfide) groups is 1. The van der Waals surface area contributed by atoms with E-state index in [0.29, 0.717) is 16.5 Å². The highest BCUT2D eigenvalue weighted by atomic mass is 32.2. The first kappa shape index (κ1) is 19.9. The van der Waals surface area contributed by atoms with Crippen LogP contribution in [0.1, 0.15) is 36.5 Å². The number of benzene rings is 2. The zero-order valence-corrected chi connectivity index (χ0v) is 16.9. The lowest BCUT2D eigenvalue weighted by molar-refractivity contribution is -0.127. The Morgan fingerprint density at radius 1 is 1.14 bits per heavy atom. The number of hydrogen-bond acceptors (Lipinski definition) is 4. The van der Waals surface area contributed by atoms with E-state index in [4.69, 9.17) is 0 Å². The molecule has 0 bridgehead atoms. The molecule has 1 N–H and O–H groups in total. The van der Waals surface area contributed by atoms with Gasteiger partial charge in [0.05, 0.1) is 4.91 Å². The lowest BCUT2D eigenvalue weighted by Crippen LogP contribution is -2.36. The average Bonchev–Trinajstić information content (AvgIpc) is 2.89. The molecule has 0 aromatic heterocycles. The van der Waals surface area contributed by atoms with Crippen molar-refractivity contribution >= 4 is 40.6 Å². The van der Waals surface area contributed by atoms with Crippen LogP contribution in [0.4, 0.5) is 10.5 Å². The highest BCUT2D eigenvalue weighted by Gasteiger charge is 2.36. The molecule has 6 heteroatoms. The molecule has 1 fully saturated rings. The van der Waals surface area contributed by atoms with Gasteiger partial charge < -0.3 is 5.32 Å². The Kier molecular flexibility index (Phi) is 5.99. The van der Waals surface area contributed by atoms with Crippen molar-refractivity contribution in [3.8, 4) is 0 Å². The molecule has 0 atom stereocenters. The van der Waals surface area contributed by atoms with E-state index in [1.54, 1.807) is 12.1 Å². The van der Waals surface area contributed by atoms with Crippen molar-refractivity contribution in [2.75, 3.05) is 11.9 Å². The fraction of sp³-hybridized carbons (Fsp3) is 0.227. The largest absolute Gasteiger partial charge is 0.325 e. The predicted molar refractivity (Wildman–Crippen MR) is 113 cm³/mol. The third kappa shape index (κ3) is 4.70. The fourth-order valence-corrected chi connectivity index (χ4v) is 3.67. The number of rotatable bonds is 5. The normalized spacial score (nSPS) is 15.6. The Morgan fingerprint density at radius 2 is 1.86 bits per heavy atom. The van der Waals surface area contributed by atoms with Crippen LogP contribution in [0.25, 0.3) is 6.08 Å². The topological polar surface area (TPSA) is 66.5 Å². The highest BCUT2D eigenvalue weighted by molar-refractivity contribution is 8.18. The molecule has 0 aliphatic carbocycles. The maximum Gasteiger partial charge on any atom is 0.294 e. The van der Waals surface area contributed by atoms with Crippen LogP contribution in [0.5, 0.6) is 0 Å². The lowest BCUT2D eigenvalue weighted by Gasteiger charge is -2.12. The lowest BCUT2D eigenvalue weighted by atomic mass is 10.0. The number of nitrogens with zero attached hydrogens (tertiary/aromatic N) is 1. The highest BCUT2D eigenvalue weighted by Crippen LogP contribution is 2.32. The monoisotopic (exact) mass is 394 g/mol. The molecule has 28 heavy (non-hydrogen) atoms. The molecular formula is C22H22N2O3S. The minimum Gasteiger partial charge on any atom is -0.325 e. The van der Waals surface area contributed by atoms with Gasteiger partial charge in [-0.1, -0.05) is 50.2 Å². The molecule has 0 saturated carbocycles. The molecule has 1 heterocycles. The molecule has 0 radical (unpaired) electrons. The van der Waals surface area contributed by atoms with E-state index >= 15 is 0 Å².